The number of rotatable bonds is 0. The molecule has 1 aliphatic carbocycles. The normalized spacial score (nSPS) is 27.7. The second-order valence-electron chi connectivity index (χ2n) is 5.67. The second-order valence-corrected chi connectivity index (χ2v) is 5.67. The van der Waals surface area contributed by atoms with Crippen molar-refractivity contribution >= 4 is 5.91 Å². The van der Waals surface area contributed by atoms with Crippen LogP contribution in [0.25, 0.3) is 0 Å². The van der Waals surface area contributed by atoms with Crippen LogP contribution in [0.3, 0.4) is 0 Å². The summed E-state index contributed by atoms with van der Waals surface area (Å²) in [4.78, 5) is 16.6. The highest BCUT2D eigenvalue weighted by Gasteiger charge is 2.26. The number of hydrogen-bond donors (Lipinski definition) is 3. The lowest BCUT2D eigenvalue weighted by Crippen LogP contribution is -2.53. The zero-order valence-corrected chi connectivity index (χ0v) is 11.7. The van der Waals surface area contributed by atoms with E-state index in [4.69, 9.17) is 0 Å². The van der Waals surface area contributed by atoms with Crippen molar-refractivity contribution in [2.75, 3.05) is 6.54 Å². The Morgan fingerprint density at radius 3 is 2.60 bits per heavy atom. The summed E-state index contributed by atoms with van der Waals surface area (Å²) in [5.41, 5.74) is 2.05. The minimum atomic E-state index is 0.0837. The Morgan fingerprint density at radius 1 is 1.00 bits per heavy atom. The Hall–Kier alpha value is -1.46. The topological polar surface area (TPSA) is 66.0 Å². The van der Waals surface area contributed by atoms with Crippen molar-refractivity contribution in [3.05, 3.63) is 29.6 Å². The molecule has 0 saturated heterocycles. The Kier molecular flexibility index (Phi) is 4.28. The first-order valence-electron chi connectivity index (χ1n) is 7.49. The Balaban J connectivity index is 1.77. The summed E-state index contributed by atoms with van der Waals surface area (Å²) < 4.78 is 0. The van der Waals surface area contributed by atoms with Crippen LogP contribution in [0.1, 0.15) is 37.1 Å². The summed E-state index contributed by atoms with van der Waals surface area (Å²) in [6, 6.07) is 6.69. The van der Waals surface area contributed by atoms with E-state index in [-0.39, 0.29) is 11.9 Å². The van der Waals surface area contributed by atoms with E-state index in [9.17, 15) is 4.79 Å². The van der Waals surface area contributed by atoms with Crippen LogP contribution in [0, 0.1) is 0 Å². The summed E-state index contributed by atoms with van der Waals surface area (Å²) in [6.45, 7) is 1.76. The van der Waals surface area contributed by atoms with E-state index in [0.717, 1.165) is 30.8 Å². The maximum atomic E-state index is 12.0. The molecule has 1 aromatic heterocycles. The van der Waals surface area contributed by atoms with Crippen molar-refractivity contribution in [3.8, 4) is 0 Å². The first kappa shape index (κ1) is 13.5. The van der Waals surface area contributed by atoms with Gasteiger partial charge in [-0.05, 0) is 25.0 Å². The Morgan fingerprint density at radius 2 is 1.75 bits per heavy atom. The molecule has 0 radical (unpaired) electrons. The number of amides is 1. The molecule has 2 aliphatic rings. The molecule has 5 heteroatoms. The van der Waals surface area contributed by atoms with Gasteiger partial charge >= 0.3 is 0 Å². The lowest BCUT2D eigenvalue weighted by atomic mass is 9.90. The van der Waals surface area contributed by atoms with Gasteiger partial charge in [-0.2, -0.15) is 0 Å². The highest BCUT2D eigenvalue weighted by molar-refractivity contribution is 5.78. The molecule has 0 spiro atoms. The molecule has 1 saturated carbocycles. The minimum absolute atomic E-state index is 0.0837. The molecule has 3 rings (SSSR count). The number of nitrogens with one attached hydrogen (secondary N) is 3. The molecule has 1 fully saturated rings. The maximum absolute atomic E-state index is 12.0. The Labute approximate surface area is 119 Å². The van der Waals surface area contributed by atoms with Crippen molar-refractivity contribution in [1.82, 2.24) is 20.9 Å². The van der Waals surface area contributed by atoms with Gasteiger partial charge in [-0.3, -0.25) is 9.78 Å². The molecule has 108 valence electrons. The van der Waals surface area contributed by atoms with Crippen LogP contribution in [0.15, 0.2) is 18.2 Å². The molecule has 2 bridgehead atoms. The van der Waals surface area contributed by atoms with Crippen LogP contribution < -0.4 is 16.0 Å². The van der Waals surface area contributed by atoms with Gasteiger partial charge in [0.2, 0.25) is 5.91 Å². The van der Waals surface area contributed by atoms with Crippen LogP contribution >= 0.6 is 0 Å². The van der Waals surface area contributed by atoms with Crippen LogP contribution in [0.5, 0.6) is 0 Å². The number of nitrogens with zero attached hydrogens (tertiary/aromatic N) is 1. The minimum Gasteiger partial charge on any atom is -0.351 e. The first-order chi connectivity index (χ1) is 9.81. The van der Waals surface area contributed by atoms with Crippen LogP contribution in [0.4, 0.5) is 0 Å². The van der Waals surface area contributed by atoms with Gasteiger partial charge in [0, 0.05) is 25.2 Å². The summed E-state index contributed by atoms with van der Waals surface area (Å²) >= 11 is 0. The highest BCUT2D eigenvalue weighted by atomic mass is 16.2. The van der Waals surface area contributed by atoms with Gasteiger partial charge < -0.3 is 16.0 Å². The molecule has 1 aliphatic heterocycles. The fourth-order valence-electron chi connectivity index (χ4n) is 3.07. The predicted octanol–water partition coefficient (Wildman–Crippen LogP) is 0.702. The SMILES string of the molecule is O=C1CNCc2cccc(n2)CN[C@@H]2CCCC[C@H]2N1. The zero-order chi connectivity index (χ0) is 13.8. The van der Waals surface area contributed by atoms with Crippen molar-refractivity contribution in [2.24, 2.45) is 0 Å². The van der Waals surface area contributed by atoms with Gasteiger partial charge in [0.15, 0.2) is 0 Å². The van der Waals surface area contributed by atoms with E-state index >= 15 is 0 Å². The van der Waals surface area contributed by atoms with E-state index in [1.165, 1.54) is 12.8 Å². The number of carbonyl (C=O) groups excluding carboxylic acids is 1. The monoisotopic (exact) mass is 274 g/mol. The van der Waals surface area contributed by atoms with Gasteiger partial charge in [0.25, 0.3) is 0 Å². The molecule has 0 unspecified atom stereocenters. The molecule has 2 heterocycles. The molecule has 1 aromatic rings. The average Bonchev–Trinajstić information content (AvgIpc) is 2.46. The van der Waals surface area contributed by atoms with Gasteiger partial charge in [0.05, 0.1) is 17.9 Å². The third-order valence-corrected chi connectivity index (χ3v) is 4.11. The van der Waals surface area contributed by atoms with Crippen LogP contribution in [-0.4, -0.2) is 29.5 Å². The number of hydrogen-bond acceptors (Lipinski definition) is 4. The fourth-order valence-corrected chi connectivity index (χ4v) is 3.07. The summed E-state index contributed by atoms with van der Waals surface area (Å²) in [5.74, 6) is 0.0837. The van der Waals surface area contributed by atoms with Crippen molar-refractivity contribution in [1.29, 1.82) is 0 Å². The van der Waals surface area contributed by atoms with Crippen LogP contribution in [0.2, 0.25) is 0 Å². The molecule has 3 N–H and O–H groups in total. The largest absolute Gasteiger partial charge is 0.351 e. The van der Waals surface area contributed by atoms with Crippen molar-refractivity contribution in [3.63, 3.8) is 0 Å². The molecule has 5 nitrogen and oxygen atoms in total. The molecular formula is C15H22N4O. The summed E-state index contributed by atoms with van der Waals surface area (Å²) in [7, 11) is 0. The quantitative estimate of drug-likeness (QED) is 0.651. The van der Waals surface area contributed by atoms with Crippen LogP contribution in [-0.2, 0) is 17.9 Å². The molecule has 1 amide bonds. The molecule has 2 atom stereocenters. The smallest absolute Gasteiger partial charge is 0.234 e. The average molecular weight is 274 g/mol. The van der Waals surface area contributed by atoms with Gasteiger partial charge in [-0.1, -0.05) is 18.9 Å². The molecule has 20 heavy (non-hydrogen) atoms. The first-order valence-corrected chi connectivity index (χ1v) is 7.49. The lowest BCUT2D eigenvalue weighted by molar-refractivity contribution is -0.121. The summed E-state index contributed by atoms with van der Waals surface area (Å²) in [6.07, 6.45) is 4.62. The van der Waals surface area contributed by atoms with E-state index in [1.54, 1.807) is 0 Å². The second kappa shape index (κ2) is 6.33. The molecule has 0 aromatic carbocycles. The van der Waals surface area contributed by atoms with Gasteiger partial charge in [0.1, 0.15) is 0 Å². The zero-order valence-electron chi connectivity index (χ0n) is 11.7. The third-order valence-electron chi connectivity index (χ3n) is 4.11. The maximum Gasteiger partial charge on any atom is 0.234 e. The lowest BCUT2D eigenvalue weighted by Gasteiger charge is -2.33. The van der Waals surface area contributed by atoms with E-state index in [2.05, 4.69) is 27.0 Å². The van der Waals surface area contributed by atoms with Crippen molar-refractivity contribution in [2.45, 2.75) is 50.9 Å². The fraction of sp³-hybridized carbons (Fsp3) is 0.600. The number of pyridine rings is 1. The van der Waals surface area contributed by atoms with E-state index < -0.39 is 0 Å². The van der Waals surface area contributed by atoms with Crippen molar-refractivity contribution < 1.29 is 4.79 Å². The predicted molar refractivity (Wildman–Crippen MR) is 77.0 cm³/mol. The summed E-state index contributed by atoms with van der Waals surface area (Å²) in [5, 5.41) is 9.89. The van der Waals surface area contributed by atoms with E-state index in [1.807, 2.05) is 12.1 Å². The standard InChI is InChI=1S/C15H22N4O/c20-15-10-16-8-11-4-3-5-12(18-11)9-17-13-6-1-2-7-14(13)19-15/h3-5,13-14,16-17H,1-2,6-10H2,(H,19,20)/t13-,14-/m1/s1. The third kappa shape index (κ3) is 3.35. The number of aromatic nitrogens is 1. The highest BCUT2D eigenvalue weighted by Crippen LogP contribution is 2.19. The van der Waals surface area contributed by atoms with Gasteiger partial charge in [-0.15, -0.1) is 0 Å². The number of carbonyl (C=O) groups is 1. The molecular weight excluding hydrogens is 252 g/mol. The van der Waals surface area contributed by atoms with Gasteiger partial charge in [-0.25, -0.2) is 0 Å². The Bertz CT molecular complexity index is 477. The number of fused-ring (bicyclic) bond motifs is 3. The van der Waals surface area contributed by atoms with E-state index in [0.29, 0.717) is 19.1 Å².